The highest BCUT2D eigenvalue weighted by atomic mass is 19.4. The molecule has 0 aliphatic heterocycles. The number of aliphatic carboxylic acids is 1. The molecule has 0 spiro atoms. The van der Waals surface area contributed by atoms with Crippen LogP contribution in [0.25, 0.3) is 0 Å². The molecule has 0 unspecified atom stereocenters. The van der Waals surface area contributed by atoms with E-state index < -0.39 is 17.8 Å². The molecule has 2 N–H and O–H groups in total. The first-order valence-corrected chi connectivity index (χ1v) is 5.59. The molecule has 0 amide bonds. The number of nitrogens with one attached hydrogen (secondary N) is 1. The first-order valence-electron chi connectivity index (χ1n) is 5.59. The summed E-state index contributed by atoms with van der Waals surface area (Å²) in [7, 11) is 0. The van der Waals surface area contributed by atoms with Crippen LogP contribution in [0.15, 0.2) is 18.5 Å². The summed E-state index contributed by atoms with van der Waals surface area (Å²) in [5.74, 6) is -1.29. The number of nitrogens with zero attached hydrogens (tertiary/aromatic N) is 5. The van der Waals surface area contributed by atoms with Crippen LogP contribution >= 0.6 is 0 Å². The summed E-state index contributed by atoms with van der Waals surface area (Å²) < 4.78 is 38.5. The highest BCUT2D eigenvalue weighted by molar-refractivity contribution is 5.66. The SMILES string of the molecule is O=C(O)Cn1cc(CNc2nccc(C(F)(F)F)n2)nn1. The third-order valence-electron chi connectivity index (χ3n) is 2.26. The van der Waals surface area contributed by atoms with Crippen molar-refractivity contribution >= 4 is 11.9 Å². The van der Waals surface area contributed by atoms with Gasteiger partial charge in [-0.2, -0.15) is 13.2 Å². The molecule has 2 aromatic heterocycles. The first kappa shape index (κ1) is 14.7. The zero-order valence-electron chi connectivity index (χ0n) is 10.4. The number of carbonyl (C=O) groups is 1. The second-order valence-corrected chi connectivity index (χ2v) is 3.92. The van der Waals surface area contributed by atoms with E-state index in [0.29, 0.717) is 5.69 Å². The summed E-state index contributed by atoms with van der Waals surface area (Å²) >= 11 is 0. The predicted octanol–water partition coefficient (Wildman–Crippen LogP) is 0.784. The van der Waals surface area contributed by atoms with E-state index in [1.165, 1.54) is 6.20 Å². The number of alkyl halides is 3. The normalized spacial score (nSPS) is 11.4. The summed E-state index contributed by atoms with van der Waals surface area (Å²) in [5.41, 5.74) is -0.716. The lowest BCUT2D eigenvalue weighted by Gasteiger charge is -2.07. The Morgan fingerprint density at radius 1 is 1.43 bits per heavy atom. The standard InChI is InChI=1S/C10H9F3N6O2/c11-10(12,13)7-1-2-14-9(16-7)15-3-6-4-19(18-17-6)5-8(20)21/h1-2,4H,3,5H2,(H,20,21)(H,14,15,16). The molecule has 2 rings (SSSR count). The minimum Gasteiger partial charge on any atom is -0.480 e. The van der Waals surface area contributed by atoms with Gasteiger partial charge in [-0.1, -0.05) is 5.21 Å². The lowest BCUT2D eigenvalue weighted by Crippen LogP contribution is -2.11. The van der Waals surface area contributed by atoms with E-state index in [-0.39, 0.29) is 19.0 Å². The zero-order valence-corrected chi connectivity index (χ0v) is 10.4. The first-order chi connectivity index (χ1) is 9.84. The van der Waals surface area contributed by atoms with Gasteiger partial charge in [0.15, 0.2) is 0 Å². The Bertz CT molecular complexity index is 642. The van der Waals surface area contributed by atoms with Gasteiger partial charge in [-0.3, -0.25) is 4.79 Å². The van der Waals surface area contributed by atoms with Crippen molar-refractivity contribution in [2.24, 2.45) is 0 Å². The van der Waals surface area contributed by atoms with Gasteiger partial charge in [0.25, 0.3) is 0 Å². The molecule has 11 heteroatoms. The van der Waals surface area contributed by atoms with E-state index in [9.17, 15) is 18.0 Å². The largest absolute Gasteiger partial charge is 0.480 e. The van der Waals surface area contributed by atoms with Crippen LogP contribution in [0.2, 0.25) is 0 Å². The van der Waals surface area contributed by atoms with Gasteiger partial charge in [-0.25, -0.2) is 14.6 Å². The van der Waals surface area contributed by atoms with Gasteiger partial charge in [0.2, 0.25) is 5.95 Å². The van der Waals surface area contributed by atoms with Crippen LogP contribution < -0.4 is 5.32 Å². The summed E-state index contributed by atoms with van der Waals surface area (Å²) in [4.78, 5) is 17.4. The predicted molar refractivity (Wildman–Crippen MR) is 62.0 cm³/mol. The number of anilines is 1. The van der Waals surface area contributed by atoms with Gasteiger partial charge in [-0.15, -0.1) is 5.10 Å². The lowest BCUT2D eigenvalue weighted by atomic mass is 10.4. The number of hydrogen-bond acceptors (Lipinski definition) is 6. The maximum absolute atomic E-state index is 12.5. The Morgan fingerprint density at radius 3 is 2.86 bits per heavy atom. The average molecular weight is 302 g/mol. The maximum atomic E-state index is 12.5. The molecule has 2 aromatic rings. The molecule has 0 saturated heterocycles. The molecule has 0 bridgehead atoms. The van der Waals surface area contributed by atoms with Gasteiger partial charge in [0, 0.05) is 6.20 Å². The molecule has 2 heterocycles. The molecule has 0 radical (unpaired) electrons. The summed E-state index contributed by atoms with van der Waals surface area (Å²) in [6.07, 6.45) is -2.21. The topological polar surface area (TPSA) is 106 Å². The minimum atomic E-state index is -4.55. The Balaban J connectivity index is 2.00. The molecule has 0 fully saturated rings. The Kier molecular flexibility index (Phi) is 4.00. The average Bonchev–Trinajstić information content (AvgIpc) is 2.82. The number of carboxylic acids is 1. The van der Waals surface area contributed by atoms with E-state index in [0.717, 1.165) is 16.9 Å². The number of carboxylic acid groups (broad SMARTS) is 1. The van der Waals surface area contributed by atoms with E-state index in [4.69, 9.17) is 5.11 Å². The monoisotopic (exact) mass is 302 g/mol. The fourth-order valence-electron chi connectivity index (χ4n) is 1.41. The van der Waals surface area contributed by atoms with Crippen LogP contribution in [0.3, 0.4) is 0 Å². The van der Waals surface area contributed by atoms with Gasteiger partial charge < -0.3 is 10.4 Å². The second-order valence-electron chi connectivity index (χ2n) is 3.92. The third-order valence-corrected chi connectivity index (χ3v) is 2.26. The summed E-state index contributed by atoms with van der Waals surface area (Å²) in [6, 6.07) is 0.758. The molecule has 0 aliphatic rings. The molecule has 0 saturated carbocycles. The van der Waals surface area contributed by atoms with Crippen LogP contribution in [0.5, 0.6) is 0 Å². The molecule has 0 atom stereocenters. The van der Waals surface area contributed by atoms with E-state index in [1.54, 1.807) is 0 Å². The Morgan fingerprint density at radius 2 is 2.19 bits per heavy atom. The van der Waals surface area contributed by atoms with Gasteiger partial charge in [-0.05, 0) is 6.07 Å². The van der Waals surface area contributed by atoms with Crippen molar-refractivity contribution in [2.45, 2.75) is 19.3 Å². The van der Waals surface area contributed by atoms with Crippen LogP contribution in [0.4, 0.5) is 19.1 Å². The van der Waals surface area contributed by atoms with Crippen molar-refractivity contribution in [3.8, 4) is 0 Å². The molecule has 112 valence electrons. The fourth-order valence-corrected chi connectivity index (χ4v) is 1.41. The van der Waals surface area contributed by atoms with Crippen LogP contribution in [0, 0.1) is 0 Å². The van der Waals surface area contributed by atoms with Crippen LogP contribution in [0.1, 0.15) is 11.4 Å². The van der Waals surface area contributed by atoms with Crippen molar-refractivity contribution in [2.75, 3.05) is 5.32 Å². The molecular weight excluding hydrogens is 293 g/mol. The second kappa shape index (κ2) is 5.73. The number of hydrogen-bond donors (Lipinski definition) is 2. The molecule has 0 aromatic carbocycles. The van der Waals surface area contributed by atoms with E-state index in [1.807, 2.05) is 0 Å². The van der Waals surface area contributed by atoms with E-state index >= 15 is 0 Å². The zero-order chi connectivity index (χ0) is 15.5. The van der Waals surface area contributed by atoms with Crippen LogP contribution in [-0.4, -0.2) is 36.0 Å². The van der Waals surface area contributed by atoms with Crippen molar-refractivity contribution in [1.29, 1.82) is 0 Å². The Labute approximate surface area is 115 Å². The van der Waals surface area contributed by atoms with Crippen molar-refractivity contribution in [3.63, 3.8) is 0 Å². The summed E-state index contributed by atoms with van der Waals surface area (Å²) in [5, 5.41) is 18.3. The maximum Gasteiger partial charge on any atom is 0.433 e. The number of rotatable bonds is 5. The molecular formula is C10H9F3N6O2. The third kappa shape index (κ3) is 4.12. The lowest BCUT2D eigenvalue weighted by molar-refractivity contribution is -0.141. The highest BCUT2D eigenvalue weighted by Crippen LogP contribution is 2.27. The molecule has 0 aliphatic carbocycles. The smallest absolute Gasteiger partial charge is 0.433 e. The molecule has 8 nitrogen and oxygen atoms in total. The quantitative estimate of drug-likeness (QED) is 0.840. The van der Waals surface area contributed by atoms with Crippen molar-refractivity contribution in [3.05, 3.63) is 29.8 Å². The number of halogens is 3. The van der Waals surface area contributed by atoms with Gasteiger partial charge in [0.1, 0.15) is 17.9 Å². The fraction of sp³-hybridized carbons (Fsp3) is 0.300. The van der Waals surface area contributed by atoms with Crippen LogP contribution in [-0.2, 0) is 24.1 Å². The number of aromatic nitrogens is 5. The van der Waals surface area contributed by atoms with E-state index in [2.05, 4.69) is 25.6 Å². The minimum absolute atomic E-state index is 0.0148. The Hall–Kier alpha value is -2.72. The van der Waals surface area contributed by atoms with Gasteiger partial charge in [0.05, 0.1) is 12.7 Å². The van der Waals surface area contributed by atoms with Gasteiger partial charge >= 0.3 is 12.1 Å². The highest BCUT2D eigenvalue weighted by Gasteiger charge is 2.32. The molecule has 21 heavy (non-hydrogen) atoms. The van der Waals surface area contributed by atoms with Crippen molar-refractivity contribution in [1.82, 2.24) is 25.0 Å². The van der Waals surface area contributed by atoms with Crippen molar-refractivity contribution < 1.29 is 23.1 Å². The summed E-state index contributed by atoms with van der Waals surface area (Å²) in [6.45, 7) is -0.339.